The first-order chi connectivity index (χ1) is 7.72. The first-order valence-electron chi connectivity index (χ1n) is 4.93. The molecule has 5 heteroatoms. The Kier molecular flexibility index (Phi) is 5.38. The molecule has 1 aromatic rings. The van der Waals surface area contributed by atoms with Gasteiger partial charge in [0.05, 0.1) is 25.3 Å². The highest BCUT2D eigenvalue weighted by molar-refractivity contribution is 6.32. The van der Waals surface area contributed by atoms with Crippen molar-refractivity contribution in [2.75, 3.05) is 20.3 Å². The summed E-state index contributed by atoms with van der Waals surface area (Å²) >= 11 is 5.99. The highest BCUT2D eigenvalue weighted by Crippen LogP contribution is 2.36. The Hall–Kier alpha value is -0.970. The van der Waals surface area contributed by atoms with Crippen LogP contribution in [0.3, 0.4) is 0 Å². The molecule has 0 atom stereocenters. The number of methoxy groups -OCH3 is 1. The first kappa shape index (κ1) is 13.1. The summed E-state index contributed by atoms with van der Waals surface area (Å²) in [4.78, 5) is 0. The number of aliphatic hydroxyl groups is 2. The van der Waals surface area contributed by atoms with Crippen molar-refractivity contribution in [2.24, 2.45) is 0 Å². The van der Waals surface area contributed by atoms with Gasteiger partial charge in [0.1, 0.15) is 0 Å². The lowest BCUT2D eigenvalue weighted by Crippen LogP contribution is -2.02. The Morgan fingerprint density at radius 1 is 1.31 bits per heavy atom. The maximum Gasteiger partial charge on any atom is 0.179 e. The fourth-order valence-electron chi connectivity index (χ4n) is 1.24. The summed E-state index contributed by atoms with van der Waals surface area (Å²) in [5.41, 5.74) is 0.663. The van der Waals surface area contributed by atoms with E-state index in [0.29, 0.717) is 35.1 Å². The maximum absolute atomic E-state index is 9.00. The topological polar surface area (TPSA) is 58.9 Å². The molecule has 0 bridgehead atoms. The van der Waals surface area contributed by atoms with E-state index in [1.807, 2.05) is 0 Å². The summed E-state index contributed by atoms with van der Waals surface area (Å²) in [6.45, 7) is 0.326. The number of benzene rings is 1. The molecule has 16 heavy (non-hydrogen) atoms. The summed E-state index contributed by atoms with van der Waals surface area (Å²) in [5, 5.41) is 18.0. The van der Waals surface area contributed by atoms with Gasteiger partial charge in [-0.2, -0.15) is 0 Å². The molecule has 0 aliphatic carbocycles. The lowest BCUT2D eigenvalue weighted by molar-refractivity contribution is 0.228. The van der Waals surface area contributed by atoms with Gasteiger partial charge in [0.2, 0.25) is 0 Å². The minimum absolute atomic E-state index is 0.0641. The van der Waals surface area contributed by atoms with Gasteiger partial charge in [0.15, 0.2) is 11.5 Å². The SMILES string of the molecule is COc1cc(CO)cc(Cl)c1OCCCO. The zero-order valence-corrected chi connectivity index (χ0v) is 9.83. The summed E-state index contributed by atoms with van der Waals surface area (Å²) in [5.74, 6) is 0.921. The van der Waals surface area contributed by atoms with Gasteiger partial charge in [-0.05, 0) is 17.7 Å². The molecule has 4 nitrogen and oxygen atoms in total. The van der Waals surface area contributed by atoms with Gasteiger partial charge in [-0.3, -0.25) is 0 Å². The Bertz CT molecular complexity index is 341. The molecule has 1 aromatic carbocycles. The van der Waals surface area contributed by atoms with Crippen LogP contribution in [0.1, 0.15) is 12.0 Å². The van der Waals surface area contributed by atoms with Crippen molar-refractivity contribution in [3.8, 4) is 11.5 Å². The van der Waals surface area contributed by atoms with Gasteiger partial charge in [-0.25, -0.2) is 0 Å². The fourth-order valence-corrected chi connectivity index (χ4v) is 1.53. The Balaban J connectivity index is 2.88. The molecule has 90 valence electrons. The Morgan fingerprint density at radius 3 is 2.62 bits per heavy atom. The second-order valence-electron chi connectivity index (χ2n) is 3.19. The van der Waals surface area contributed by atoms with Crippen LogP contribution in [0.25, 0.3) is 0 Å². The van der Waals surface area contributed by atoms with Crippen LogP contribution in [0.5, 0.6) is 11.5 Å². The zero-order chi connectivity index (χ0) is 12.0. The van der Waals surface area contributed by atoms with E-state index in [1.54, 1.807) is 12.1 Å². The van der Waals surface area contributed by atoms with Crippen molar-refractivity contribution < 1.29 is 19.7 Å². The van der Waals surface area contributed by atoms with Crippen LogP contribution in [0.15, 0.2) is 12.1 Å². The summed E-state index contributed by atoms with van der Waals surface area (Å²) in [6, 6.07) is 3.29. The van der Waals surface area contributed by atoms with Gasteiger partial charge in [-0.1, -0.05) is 11.6 Å². The third-order valence-electron chi connectivity index (χ3n) is 2.02. The number of hydrogen-bond acceptors (Lipinski definition) is 4. The highest BCUT2D eigenvalue weighted by Gasteiger charge is 2.11. The molecule has 0 saturated heterocycles. The largest absolute Gasteiger partial charge is 0.493 e. The summed E-state index contributed by atoms with van der Waals surface area (Å²) in [6.07, 6.45) is 0.529. The maximum atomic E-state index is 9.00. The van der Waals surface area contributed by atoms with Crippen molar-refractivity contribution in [3.05, 3.63) is 22.7 Å². The van der Waals surface area contributed by atoms with Gasteiger partial charge in [0.25, 0.3) is 0 Å². The van der Waals surface area contributed by atoms with Crippen molar-refractivity contribution in [2.45, 2.75) is 13.0 Å². The smallest absolute Gasteiger partial charge is 0.179 e. The lowest BCUT2D eigenvalue weighted by atomic mass is 10.2. The first-order valence-corrected chi connectivity index (χ1v) is 5.31. The number of rotatable bonds is 6. The quantitative estimate of drug-likeness (QED) is 0.749. The fraction of sp³-hybridized carbons (Fsp3) is 0.455. The normalized spacial score (nSPS) is 10.2. The van der Waals surface area contributed by atoms with Gasteiger partial charge in [-0.15, -0.1) is 0 Å². The number of halogens is 1. The third kappa shape index (κ3) is 3.27. The predicted octanol–water partition coefficient (Wildman–Crippen LogP) is 1.60. The monoisotopic (exact) mass is 246 g/mol. The van der Waals surface area contributed by atoms with Crippen molar-refractivity contribution >= 4 is 11.6 Å². The second-order valence-corrected chi connectivity index (χ2v) is 3.60. The molecule has 0 radical (unpaired) electrons. The van der Waals surface area contributed by atoms with E-state index in [1.165, 1.54) is 7.11 Å². The number of aliphatic hydroxyl groups excluding tert-OH is 2. The van der Waals surface area contributed by atoms with Gasteiger partial charge >= 0.3 is 0 Å². The van der Waals surface area contributed by atoms with Crippen molar-refractivity contribution in [1.82, 2.24) is 0 Å². The molecule has 0 aromatic heterocycles. The minimum atomic E-state index is -0.104. The Labute approximate surface area is 99.4 Å². The summed E-state index contributed by atoms with van der Waals surface area (Å²) < 4.78 is 10.5. The van der Waals surface area contributed by atoms with Crippen LogP contribution in [-0.2, 0) is 6.61 Å². The Morgan fingerprint density at radius 2 is 2.06 bits per heavy atom. The van der Waals surface area contributed by atoms with Gasteiger partial charge < -0.3 is 19.7 Å². The zero-order valence-electron chi connectivity index (χ0n) is 9.07. The van der Waals surface area contributed by atoms with Crippen molar-refractivity contribution in [3.63, 3.8) is 0 Å². The molecule has 0 fully saturated rings. The second kappa shape index (κ2) is 6.58. The molecule has 0 amide bonds. The number of ether oxygens (including phenoxy) is 2. The van der Waals surface area contributed by atoms with Crippen LogP contribution in [0.2, 0.25) is 5.02 Å². The van der Waals surface area contributed by atoms with Crippen LogP contribution >= 0.6 is 11.6 Å². The average molecular weight is 247 g/mol. The minimum Gasteiger partial charge on any atom is -0.493 e. The van der Waals surface area contributed by atoms with E-state index in [0.717, 1.165) is 0 Å². The van der Waals surface area contributed by atoms with Crippen LogP contribution in [0, 0.1) is 0 Å². The molecule has 0 aliphatic heterocycles. The number of hydrogen-bond donors (Lipinski definition) is 2. The van der Waals surface area contributed by atoms with E-state index in [4.69, 9.17) is 31.3 Å². The van der Waals surface area contributed by atoms with E-state index < -0.39 is 0 Å². The molecular formula is C11H15ClO4. The van der Waals surface area contributed by atoms with Crippen LogP contribution in [0.4, 0.5) is 0 Å². The predicted molar refractivity (Wildman–Crippen MR) is 61.1 cm³/mol. The molecule has 0 heterocycles. The van der Waals surface area contributed by atoms with E-state index in [-0.39, 0.29) is 13.2 Å². The molecule has 2 N–H and O–H groups in total. The average Bonchev–Trinajstić information content (AvgIpc) is 2.30. The van der Waals surface area contributed by atoms with Gasteiger partial charge in [0, 0.05) is 13.0 Å². The summed E-state index contributed by atoms with van der Waals surface area (Å²) in [7, 11) is 1.51. The molecular weight excluding hydrogens is 232 g/mol. The molecule has 1 rings (SSSR count). The lowest BCUT2D eigenvalue weighted by Gasteiger charge is -2.13. The third-order valence-corrected chi connectivity index (χ3v) is 2.30. The standard InChI is InChI=1S/C11H15ClO4/c1-15-10-6-8(7-14)5-9(12)11(10)16-4-2-3-13/h5-6,13-14H,2-4,7H2,1H3. The molecule has 0 aliphatic rings. The van der Waals surface area contributed by atoms with E-state index in [9.17, 15) is 0 Å². The molecule has 0 spiro atoms. The highest BCUT2D eigenvalue weighted by atomic mass is 35.5. The van der Waals surface area contributed by atoms with E-state index >= 15 is 0 Å². The van der Waals surface area contributed by atoms with Crippen LogP contribution < -0.4 is 9.47 Å². The van der Waals surface area contributed by atoms with Crippen LogP contribution in [-0.4, -0.2) is 30.5 Å². The molecule has 0 unspecified atom stereocenters. The van der Waals surface area contributed by atoms with E-state index in [2.05, 4.69) is 0 Å². The van der Waals surface area contributed by atoms with Crippen molar-refractivity contribution in [1.29, 1.82) is 0 Å². The molecule has 0 saturated carbocycles.